The second-order valence-corrected chi connectivity index (χ2v) is 3.30. The Bertz CT molecular complexity index is 10.8. The fourth-order valence-corrected chi connectivity index (χ4v) is 0. The van der Waals surface area contributed by atoms with E-state index in [4.69, 9.17) is 18.1 Å². The third-order valence-electron chi connectivity index (χ3n) is 0. The summed E-state index contributed by atoms with van der Waals surface area (Å²) in [7, 11) is 9.81. The zero-order valence-electron chi connectivity index (χ0n) is 4.04. The second kappa shape index (κ2) is 16.2. The van der Waals surface area contributed by atoms with Crippen LogP contribution in [0.2, 0.25) is 0 Å². The van der Waals surface area contributed by atoms with Crippen LogP contribution in [0.15, 0.2) is 0 Å². The van der Waals surface area contributed by atoms with Crippen LogP contribution in [-0.2, 0) is 0 Å². The number of halogens is 2. The molecule has 6 heavy (non-hydrogen) atoms. The average molecular weight is 138 g/mol. The van der Waals surface area contributed by atoms with Crippen molar-refractivity contribution < 1.29 is 0 Å². The normalized spacial score (nSPS) is 4.67. The minimum absolute atomic E-state index is 0.639. The maximum Gasteiger partial charge on any atom is 0.618 e. The Balaban J connectivity index is 0. The third-order valence-corrected chi connectivity index (χ3v) is 0. The summed E-state index contributed by atoms with van der Waals surface area (Å²) in [5, 5.41) is 0. The minimum atomic E-state index is -0.639. The zero-order chi connectivity index (χ0) is 5.41. The van der Waals surface area contributed by atoms with E-state index in [-0.39, 0.29) is 0 Å². The van der Waals surface area contributed by atoms with Crippen molar-refractivity contribution in [2.24, 2.45) is 0 Å². The first kappa shape index (κ1) is 10.4. The maximum absolute atomic E-state index is 4.90. The molecule has 0 N–H and O–H groups in total. The summed E-state index contributed by atoms with van der Waals surface area (Å²) in [6, 6.07) is 0. The molecule has 0 rings (SSSR count). The summed E-state index contributed by atoms with van der Waals surface area (Å²) in [5.41, 5.74) is 0. The van der Waals surface area contributed by atoms with Crippen LogP contribution in [0.3, 0.4) is 0 Å². The monoisotopic (exact) mass is 137 g/mol. The SMILES string of the molecule is C[CH]C.[Cl][Mg][Cl]. The smallest absolute Gasteiger partial charge is 0.309 e. The minimum Gasteiger partial charge on any atom is -0.309 e. The van der Waals surface area contributed by atoms with Crippen molar-refractivity contribution in [1.29, 1.82) is 0 Å². The molecule has 0 aliphatic carbocycles. The van der Waals surface area contributed by atoms with Gasteiger partial charge in [0.05, 0.1) is 0 Å². The topological polar surface area (TPSA) is 0 Å². The van der Waals surface area contributed by atoms with E-state index in [1.165, 1.54) is 0 Å². The highest BCUT2D eigenvalue weighted by molar-refractivity contribution is 7.22. The van der Waals surface area contributed by atoms with E-state index in [0.717, 1.165) is 0 Å². The lowest BCUT2D eigenvalue weighted by Crippen LogP contribution is -1.36. The summed E-state index contributed by atoms with van der Waals surface area (Å²) in [4.78, 5) is 0. The second-order valence-electron chi connectivity index (χ2n) is 0.678. The van der Waals surface area contributed by atoms with Gasteiger partial charge in [0, 0.05) is 0 Å². The van der Waals surface area contributed by atoms with Crippen molar-refractivity contribution in [3.63, 3.8) is 0 Å². The molecule has 0 atom stereocenters. The predicted octanol–water partition coefficient (Wildman–Crippen LogP) is 2.23. The van der Waals surface area contributed by atoms with E-state index >= 15 is 0 Å². The van der Waals surface area contributed by atoms with Gasteiger partial charge in [-0.15, -0.1) is 0 Å². The number of rotatable bonds is 0. The molecule has 0 fully saturated rings. The van der Waals surface area contributed by atoms with Crippen LogP contribution < -0.4 is 0 Å². The van der Waals surface area contributed by atoms with E-state index in [1.54, 1.807) is 0 Å². The molecule has 0 heterocycles. The highest BCUT2D eigenvalue weighted by atomic mass is 35.6. The van der Waals surface area contributed by atoms with Gasteiger partial charge in [-0.3, -0.25) is 0 Å². The highest BCUT2D eigenvalue weighted by Crippen LogP contribution is 1.67. The molecular weight excluding hydrogens is 131 g/mol. The summed E-state index contributed by atoms with van der Waals surface area (Å²) in [6.45, 7) is 4.00. The molecule has 0 nitrogen and oxygen atoms in total. The van der Waals surface area contributed by atoms with Crippen molar-refractivity contribution in [1.82, 2.24) is 0 Å². The van der Waals surface area contributed by atoms with Crippen molar-refractivity contribution in [2.75, 3.05) is 0 Å². The van der Waals surface area contributed by atoms with Gasteiger partial charge in [0.1, 0.15) is 0 Å². The first-order chi connectivity index (χ1) is 2.83. The molecule has 0 saturated carbocycles. The van der Waals surface area contributed by atoms with E-state index in [1.807, 2.05) is 20.3 Å². The van der Waals surface area contributed by atoms with E-state index < -0.39 is 18.2 Å². The summed E-state index contributed by atoms with van der Waals surface area (Å²) < 4.78 is 0. The fraction of sp³-hybridized carbons (Fsp3) is 0.667. The number of hydrogen-bond donors (Lipinski definition) is 0. The Morgan fingerprint density at radius 1 is 1.33 bits per heavy atom. The van der Waals surface area contributed by atoms with Gasteiger partial charge < -0.3 is 18.1 Å². The summed E-state index contributed by atoms with van der Waals surface area (Å²) in [5.74, 6) is 0. The van der Waals surface area contributed by atoms with E-state index in [0.29, 0.717) is 0 Å². The summed E-state index contributed by atoms with van der Waals surface area (Å²) in [6.07, 6.45) is 2.00. The van der Waals surface area contributed by atoms with Crippen molar-refractivity contribution in [3.05, 3.63) is 6.42 Å². The first-order valence-electron chi connectivity index (χ1n) is 1.69. The lowest BCUT2D eigenvalue weighted by Gasteiger charge is -1.47. The molecule has 1 radical (unpaired) electrons. The van der Waals surface area contributed by atoms with E-state index in [2.05, 4.69) is 0 Å². The van der Waals surface area contributed by atoms with Gasteiger partial charge in [0.15, 0.2) is 0 Å². The van der Waals surface area contributed by atoms with Gasteiger partial charge in [-0.05, 0) is 6.42 Å². The quantitative estimate of drug-likeness (QED) is 0.450. The van der Waals surface area contributed by atoms with Crippen LogP contribution in [0.25, 0.3) is 0 Å². The van der Waals surface area contributed by atoms with Crippen LogP contribution in [0.4, 0.5) is 0 Å². The molecule has 0 aromatic heterocycles. The van der Waals surface area contributed by atoms with Gasteiger partial charge in [-0.2, -0.15) is 0 Å². The molecule has 0 aliphatic heterocycles. The molecular formula is C3H7Cl2Mg. The molecule has 0 spiro atoms. The average Bonchev–Trinajstić information content (AvgIpc) is 1.39. The first-order valence-corrected chi connectivity index (χ1v) is 5.97. The molecule has 0 saturated heterocycles. The van der Waals surface area contributed by atoms with Gasteiger partial charge >= 0.3 is 18.2 Å². The van der Waals surface area contributed by atoms with Crippen LogP contribution in [0.1, 0.15) is 13.8 Å². The standard InChI is InChI=1S/C3H7.2ClH.Mg/c1-3-2;;;/h3H,1-2H3;2*1H;/q;;;+2/p-2. The van der Waals surface area contributed by atoms with Gasteiger partial charge in [-0.1, -0.05) is 13.8 Å². The Kier molecular flexibility index (Phi) is 27.9. The Labute approximate surface area is 56.5 Å². The van der Waals surface area contributed by atoms with Crippen molar-refractivity contribution in [2.45, 2.75) is 13.8 Å². The lowest BCUT2D eigenvalue weighted by atomic mass is 10.6. The highest BCUT2D eigenvalue weighted by Gasteiger charge is 1.64. The Hall–Kier alpha value is 1.35. The van der Waals surface area contributed by atoms with Gasteiger partial charge in [0.2, 0.25) is 0 Å². The molecule has 35 valence electrons. The Morgan fingerprint density at radius 2 is 1.33 bits per heavy atom. The van der Waals surface area contributed by atoms with Crippen LogP contribution in [0.5, 0.6) is 0 Å². The largest absolute Gasteiger partial charge is 0.618 e. The molecule has 0 bridgehead atoms. The number of hydrogen-bond acceptors (Lipinski definition) is 0. The molecule has 0 aliphatic rings. The Morgan fingerprint density at radius 3 is 1.33 bits per heavy atom. The zero-order valence-corrected chi connectivity index (χ0v) is 6.97. The van der Waals surface area contributed by atoms with Gasteiger partial charge in [-0.25, -0.2) is 0 Å². The van der Waals surface area contributed by atoms with Crippen LogP contribution in [0, 0.1) is 6.42 Å². The molecule has 0 unspecified atom stereocenters. The molecule has 0 amide bonds. The molecule has 3 heteroatoms. The lowest BCUT2D eigenvalue weighted by molar-refractivity contribution is 1.41. The molecule has 0 aromatic carbocycles. The predicted molar refractivity (Wildman–Crippen MR) is 33.1 cm³/mol. The maximum atomic E-state index is 4.90. The molecule has 0 aromatic rings. The third kappa shape index (κ3) is 55.7. The summed E-state index contributed by atoms with van der Waals surface area (Å²) >= 11 is -0.639. The van der Waals surface area contributed by atoms with Crippen LogP contribution >= 0.6 is 18.1 Å². The van der Waals surface area contributed by atoms with Crippen molar-refractivity contribution in [3.8, 4) is 0 Å². The fourth-order valence-electron chi connectivity index (χ4n) is 0. The van der Waals surface area contributed by atoms with Gasteiger partial charge in [0.25, 0.3) is 0 Å². The van der Waals surface area contributed by atoms with Crippen molar-refractivity contribution >= 4 is 36.3 Å². The van der Waals surface area contributed by atoms with Crippen LogP contribution in [-0.4, -0.2) is 18.2 Å². The van der Waals surface area contributed by atoms with E-state index in [9.17, 15) is 0 Å².